The van der Waals surface area contributed by atoms with E-state index >= 15 is 0 Å². The summed E-state index contributed by atoms with van der Waals surface area (Å²) in [6.07, 6.45) is 2.31. The second kappa shape index (κ2) is 9.85. The topological polar surface area (TPSA) is 105 Å². The van der Waals surface area contributed by atoms with Crippen LogP contribution in [0.3, 0.4) is 0 Å². The predicted octanol–water partition coefficient (Wildman–Crippen LogP) is 5.62. The van der Waals surface area contributed by atoms with Gasteiger partial charge in [0.2, 0.25) is 5.92 Å². The van der Waals surface area contributed by atoms with Gasteiger partial charge in [-0.05, 0) is 69.9 Å². The molecule has 0 spiro atoms. The molecule has 202 valence electrons. The molecule has 10 heteroatoms. The number of aliphatic hydroxyl groups is 1. The highest BCUT2D eigenvalue weighted by Crippen LogP contribution is 2.45. The molecule has 3 aliphatic rings. The molecule has 8 nitrogen and oxygen atoms in total. The van der Waals surface area contributed by atoms with Crippen LogP contribution in [-0.4, -0.2) is 50.9 Å². The standard InChI is InChI=1S/C27H35F2N3O5/c1-15-6-7-19-20(31(15)26(36)37-2)8-9-21-22(19)30-24(23(33)16-10-12-27(28,29)13-11-16)32(21)18-5-3-4-17(14-18)25(34)35/h8-9,15-18,23,33H,3-7,10-14H2,1-2H3,(H,34,35)/t15-,17?,18?,23?/m0/s1. The molecule has 3 unspecified atom stereocenters. The second-order valence-electron chi connectivity index (χ2n) is 11.0. The van der Waals surface area contributed by atoms with Crippen LogP contribution in [0, 0.1) is 11.8 Å². The number of aromatic nitrogens is 2. The number of rotatable bonds is 4. The Morgan fingerprint density at radius 2 is 1.89 bits per heavy atom. The van der Waals surface area contributed by atoms with Crippen LogP contribution in [0.2, 0.25) is 0 Å². The van der Waals surface area contributed by atoms with E-state index in [1.54, 1.807) is 4.90 Å². The van der Waals surface area contributed by atoms with Gasteiger partial charge in [-0.25, -0.2) is 18.6 Å². The van der Waals surface area contributed by atoms with Gasteiger partial charge < -0.3 is 19.5 Å². The summed E-state index contributed by atoms with van der Waals surface area (Å²) in [6.45, 7) is 1.96. The normalized spacial score (nSPS) is 27.1. The summed E-state index contributed by atoms with van der Waals surface area (Å²) < 4.78 is 34.7. The van der Waals surface area contributed by atoms with Crippen molar-refractivity contribution in [1.29, 1.82) is 0 Å². The van der Waals surface area contributed by atoms with Crippen LogP contribution in [0.25, 0.3) is 11.0 Å². The van der Waals surface area contributed by atoms with E-state index in [2.05, 4.69) is 0 Å². The molecule has 2 saturated carbocycles. The van der Waals surface area contributed by atoms with Crippen LogP contribution in [0.5, 0.6) is 0 Å². The molecule has 0 bridgehead atoms. The number of aryl methyl sites for hydroxylation is 1. The zero-order valence-electron chi connectivity index (χ0n) is 21.3. The fraction of sp³-hybridized carbons (Fsp3) is 0.667. The van der Waals surface area contributed by atoms with Gasteiger partial charge in [-0.1, -0.05) is 6.42 Å². The molecule has 2 aliphatic carbocycles. The highest BCUT2D eigenvalue weighted by molar-refractivity contribution is 5.95. The van der Waals surface area contributed by atoms with Crippen molar-refractivity contribution in [3.8, 4) is 0 Å². The molecule has 1 amide bonds. The molecule has 1 aromatic carbocycles. The smallest absolute Gasteiger partial charge is 0.414 e. The number of hydrogen-bond donors (Lipinski definition) is 2. The van der Waals surface area contributed by atoms with E-state index in [9.17, 15) is 28.6 Å². The van der Waals surface area contributed by atoms with Gasteiger partial charge in [0.25, 0.3) is 0 Å². The zero-order valence-corrected chi connectivity index (χ0v) is 21.3. The molecular formula is C27H35F2N3O5. The van der Waals surface area contributed by atoms with Gasteiger partial charge in [0, 0.05) is 30.5 Å². The Bertz CT molecular complexity index is 1190. The van der Waals surface area contributed by atoms with E-state index in [0.717, 1.165) is 23.9 Å². The summed E-state index contributed by atoms with van der Waals surface area (Å²) in [5.41, 5.74) is 3.05. The maximum Gasteiger partial charge on any atom is 0.414 e. The van der Waals surface area contributed by atoms with Crippen LogP contribution in [-0.2, 0) is 16.0 Å². The van der Waals surface area contributed by atoms with Crippen LogP contribution in [0.15, 0.2) is 12.1 Å². The first kappa shape index (κ1) is 25.9. The number of hydrogen-bond acceptors (Lipinski definition) is 5. The largest absolute Gasteiger partial charge is 0.481 e. The monoisotopic (exact) mass is 519 g/mol. The van der Waals surface area contributed by atoms with Crippen molar-refractivity contribution in [1.82, 2.24) is 9.55 Å². The van der Waals surface area contributed by atoms with Gasteiger partial charge in [-0.3, -0.25) is 9.69 Å². The number of amides is 1. The summed E-state index contributed by atoms with van der Waals surface area (Å²) in [6, 6.07) is 3.53. The number of fused-ring (bicyclic) bond motifs is 3. The van der Waals surface area contributed by atoms with Gasteiger partial charge in [-0.15, -0.1) is 0 Å². The summed E-state index contributed by atoms with van der Waals surface area (Å²) in [5, 5.41) is 21.2. The van der Waals surface area contributed by atoms with Crippen molar-refractivity contribution in [2.75, 3.05) is 12.0 Å². The van der Waals surface area contributed by atoms with Crippen LogP contribution < -0.4 is 4.90 Å². The maximum absolute atomic E-state index is 13.9. The molecule has 0 saturated heterocycles. The molecule has 1 aromatic heterocycles. The summed E-state index contributed by atoms with van der Waals surface area (Å²) >= 11 is 0. The molecule has 37 heavy (non-hydrogen) atoms. The van der Waals surface area contributed by atoms with Crippen molar-refractivity contribution >= 4 is 28.8 Å². The number of ether oxygens (including phenoxy) is 1. The van der Waals surface area contributed by atoms with E-state index in [-0.39, 0.29) is 43.7 Å². The molecule has 1 aliphatic heterocycles. The highest BCUT2D eigenvalue weighted by Gasteiger charge is 2.41. The van der Waals surface area contributed by atoms with Crippen LogP contribution >= 0.6 is 0 Å². The number of nitrogens with zero attached hydrogens (tertiary/aromatic N) is 3. The Balaban J connectivity index is 1.62. The Hall–Kier alpha value is -2.75. The van der Waals surface area contributed by atoms with E-state index in [0.29, 0.717) is 42.7 Å². The van der Waals surface area contributed by atoms with Gasteiger partial charge in [-0.2, -0.15) is 0 Å². The molecular weight excluding hydrogens is 484 g/mol. The van der Waals surface area contributed by atoms with Crippen molar-refractivity contribution in [2.24, 2.45) is 11.8 Å². The number of imidazole rings is 1. The van der Waals surface area contributed by atoms with Gasteiger partial charge >= 0.3 is 12.1 Å². The zero-order chi connectivity index (χ0) is 26.5. The number of aliphatic carboxylic acids is 1. The molecule has 2 heterocycles. The summed E-state index contributed by atoms with van der Waals surface area (Å²) in [7, 11) is 1.35. The third-order valence-corrected chi connectivity index (χ3v) is 8.69. The number of methoxy groups -OCH3 is 1. The number of carbonyl (C=O) groups excluding carboxylic acids is 1. The first-order valence-corrected chi connectivity index (χ1v) is 13.3. The first-order chi connectivity index (χ1) is 17.6. The summed E-state index contributed by atoms with van der Waals surface area (Å²) in [5.74, 6) is -3.95. The molecule has 2 N–H and O–H groups in total. The Labute approximate surface area is 214 Å². The second-order valence-corrected chi connectivity index (χ2v) is 11.0. The van der Waals surface area contributed by atoms with E-state index < -0.39 is 30.0 Å². The molecule has 2 aromatic rings. The maximum atomic E-state index is 13.9. The lowest BCUT2D eigenvalue weighted by molar-refractivity contribution is -0.143. The SMILES string of the molecule is COC(=O)N1c2ccc3c(nc(C(O)C4CCC(F)(F)CC4)n3C3CCCC(C(=O)O)C3)c2CC[C@@H]1C. The van der Waals surface area contributed by atoms with Crippen LogP contribution in [0.4, 0.5) is 19.3 Å². The number of aliphatic hydroxyl groups excluding tert-OH is 1. The predicted molar refractivity (Wildman–Crippen MR) is 133 cm³/mol. The van der Waals surface area contributed by atoms with Gasteiger partial charge in [0.05, 0.1) is 29.7 Å². The number of carboxylic acid groups (broad SMARTS) is 1. The minimum absolute atomic E-state index is 0.0527. The number of carbonyl (C=O) groups is 2. The molecule has 4 atom stereocenters. The quantitative estimate of drug-likeness (QED) is 0.543. The number of anilines is 1. The average Bonchev–Trinajstić information content (AvgIpc) is 3.27. The lowest BCUT2D eigenvalue weighted by Crippen LogP contribution is -2.42. The lowest BCUT2D eigenvalue weighted by atomic mass is 9.82. The minimum atomic E-state index is -2.71. The number of alkyl halides is 2. The molecule has 0 radical (unpaired) electrons. The third-order valence-electron chi connectivity index (χ3n) is 8.69. The van der Waals surface area contributed by atoms with Crippen molar-refractivity contribution in [2.45, 2.75) is 95.2 Å². The average molecular weight is 520 g/mol. The van der Waals surface area contributed by atoms with Crippen molar-refractivity contribution in [3.05, 3.63) is 23.5 Å². The molecule has 5 rings (SSSR count). The third kappa shape index (κ3) is 4.69. The van der Waals surface area contributed by atoms with Gasteiger partial charge in [0.1, 0.15) is 11.9 Å². The lowest BCUT2D eigenvalue weighted by Gasteiger charge is -2.34. The Morgan fingerprint density at radius 1 is 1.16 bits per heavy atom. The van der Waals surface area contributed by atoms with E-state index in [1.807, 2.05) is 23.6 Å². The number of benzene rings is 1. The fourth-order valence-corrected chi connectivity index (χ4v) is 6.60. The number of halogens is 2. The highest BCUT2D eigenvalue weighted by atomic mass is 19.3. The minimum Gasteiger partial charge on any atom is -0.481 e. The molecule has 2 fully saturated rings. The van der Waals surface area contributed by atoms with Crippen molar-refractivity contribution < 1.29 is 33.3 Å². The summed E-state index contributed by atoms with van der Waals surface area (Å²) in [4.78, 5) is 30.9. The van der Waals surface area contributed by atoms with Crippen molar-refractivity contribution in [3.63, 3.8) is 0 Å². The van der Waals surface area contributed by atoms with Gasteiger partial charge in [0.15, 0.2) is 0 Å². The van der Waals surface area contributed by atoms with E-state index in [1.165, 1.54) is 7.11 Å². The Morgan fingerprint density at radius 3 is 2.57 bits per heavy atom. The van der Waals surface area contributed by atoms with E-state index in [4.69, 9.17) is 9.72 Å². The van der Waals surface area contributed by atoms with Crippen LogP contribution in [0.1, 0.15) is 88.2 Å². The Kier molecular flexibility index (Phi) is 6.89. The fourth-order valence-electron chi connectivity index (χ4n) is 6.60. The first-order valence-electron chi connectivity index (χ1n) is 13.3. The number of carboxylic acids is 1.